The summed E-state index contributed by atoms with van der Waals surface area (Å²) >= 11 is 0. The molecule has 1 aromatic heterocycles. The molecular weight excluding hydrogens is 294 g/mol. The minimum atomic E-state index is -3.12. The van der Waals surface area contributed by atoms with Crippen LogP contribution in [0.5, 0.6) is 0 Å². The lowest BCUT2D eigenvalue weighted by Gasteiger charge is -2.38. The molecule has 0 amide bonds. The average Bonchev–Trinajstić information content (AvgIpc) is 2.81. The highest BCUT2D eigenvalue weighted by Crippen LogP contribution is 2.23. The predicted molar refractivity (Wildman–Crippen MR) is 76.2 cm³/mol. The van der Waals surface area contributed by atoms with Gasteiger partial charge in [0.15, 0.2) is 0 Å². The summed E-state index contributed by atoms with van der Waals surface area (Å²) in [6.07, 6.45) is 2.05. The van der Waals surface area contributed by atoms with Gasteiger partial charge in [-0.25, -0.2) is 8.42 Å². The first-order valence-corrected chi connectivity index (χ1v) is 9.03. The van der Waals surface area contributed by atoms with E-state index in [-0.39, 0.29) is 6.04 Å². The molecule has 1 fully saturated rings. The maximum Gasteiger partial charge on any atom is 0.211 e. The van der Waals surface area contributed by atoms with E-state index in [1.165, 1.54) is 6.26 Å². The summed E-state index contributed by atoms with van der Waals surface area (Å²) in [5.74, 6) is 0.930. The van der Waals surface area contributed by atoms with Gasteiger partial charge >= 0.3 is 0 Å². The van der Waals surface area contributed by atoms with Gasteiger partial charge < -0.3 is 9.26 Å². The number of sulfonamides is 1. The van der Waals surface area contributed by atoms with Gasteiger partial charge in [0, 0.05) is 44.2 Å². The molecular formula is C13H21N3O4S. The van der Waals surface area contributed by atoms with Crippen LogP contribution in [0.1, 0.15) is 23.9 Å². The van der Waals surface area contributed by atoms with Crippen molar-refractivity contribution >= 4 is 10.0 Å². The van der Waals surface area contributed by atoms with Crippen LogP contribution in [-0.2, 0) is 34.3 Å². The van der Waals surface area contributed by atoms with Crippen LogP contribution < -0.4 is 0 Å². The van der Waals surface area contributed by atoms with Gasteiger partial charge in [-0.2, -0.15) is 4.31 Å². The molecule has 0 saturated carbocycles. The SMILES string of the molecule is C[C@@H]1CN(Cc2noc3c2COCC3)CCN1S(C)(=O)=O. The molecule has 118 valence electrons. The largest absolute Gasteiger partial charge is 0.376 e. The minimum absolute atomic E-state index is 0.0206. The Labute approximate surface area is 124 Å². The number of rotatable bonds is 3. The van der Waals surface area contributed by atoms with Crippen molar-refractivity contribution < 1.29 is 17.7 Å². The number of fused-ring (bicyclic) bond motifs is 1. The highest BCUT2D eigenvalue weighted by molar-refractivity contribution is 7.88. The van der Waals surface area contributed by atoms with Crippen molar-refractivity contribution in [1.82, 2.24) is 14.4 Å². The third-order valence-corrected chi connectivity index (χ3v) is 5.52. The Balaban J connectivity index is 1.66. The van der Waals surface area contributed by atoms with E-state index in [0.29, 0.717) is 39.4 Å². The van der Waals surface area contributed by atoms with Crippen LogP contribution in [0.15, 0.2) is 4.52 Å². The van der Waals surface area contributed by atoms with Crippen molar-refractivity contribution in [2.24, 2.45) is 0 Å². The molecule has 3 heterocycles. The lowest BCUT2D eigenvalue weighted by Crippen LogP contribution is -2.53. The van der Waals surface area contributed by atoms with E-state index in [1.807, 2.05) is 6.92 Å². The molecule has 2 aliphatic heterocycles. The number of ether oxygens (including phenoxy) is 1. The summed E-state index contributed by atoms with van der Waals surface area (Å²) in [6, 6.07) is -0.0206. The second-order valence-electron chi connectivity index (χ2n) is 5.79. The van der Waals surface area contributed by atoms with E-state index in [1.54, 1.807) is 4.31 Å². The zero-order chi connectivity index (χ0) is 15.0. The van der Waals surface area contributed by atoms with Crippen LogP contribution in [0.4, 0.5) is 0 Å². The molecule has 0 unspecified atom stereocenters. The van der Waals surface area contributed by atoms with Crippen LogP contribution in [0.3, 0.4) is 0 Å². The molecule has 1 aromatic rings. The molecule has 1 atom stereocenters. The minimum Gasteiger partial charge on any atom is -0.376 e. The molecule has 0 spiro atoms. The summed E-state index contributed by atoms with van der Waals surface area (Å²) in [4.78, 5) is 2.22. The molecule has 0 radical (unpaired) electrons. The van der Waals surface area contributed by atoms with Crippen LogP contribution in [0.25, 0.3) is 0 Å². The first-order chi connectivity index (χ1) is 9.95. The van der Waals surface area contributed by atoms with Crippen molar-refractivity contribution in [2.45, 2.75) is 32.5 Å². The third kappa shape index (κ3) is 3.13. The summed E-state index contributed by atoms with van der Waals surface area (Å²) < 4.78 is 35.7. The molecule has 0 bridgehead atoms. The lowest BCUT2D eigenvalue weighted by molar-refractivity contribution is 0.101. The van der Waals surface area contributed by atoms with Crippen LogP contribution in [0, 0.1) is 0 Å². The number of hydrogen-bond donors (Lipinski definition) is 0. The predicted octanol–water partition coefficient (Wildman–Crippen LogP) is 0.213. The summed E-state index contributed by atoms with van der Waals surface area (Å²) in [7, 11) is -3.12. The van der Waals surface area contributed by atoms with Gasteiger partial charge in [0.1, 0.15) is 11.5 Å². The molecule has 8 heteroatoms. The highest BCUT2D eigenvalue weighted by Gasteiger charge is 2.31. The Kier molecular flexibility index (Phi) is 4.04. The third-order valence-electron chi connectivity index (χ3n) is 4.12. The Morgan fingerprint density at radius 1 is 1.38 bits per heavy atom. The Hall–Kier alpha value is -0.960. The van der Waals surface area contributed by atoms with Crippen molar-refractivity contribution in [2.75, 3.05) is 32.5 Å². The van der Waals surface area contributed by atoms with E-state index in [9.17, 15) is 8.42 Å². The maximum absolute atomic E-state index is 11.7. The Bertz CT molecular complexity index is 613. The molecule has 0 aromatic carbocycles. The standard InChI is InChI=1S/C13H21N3O4S/c1-10-7-15(4-5-16(10)21(2,17)18)8-12-11-9-19-6-3-13(11)20-14-12/h10H,3-9H2,1-2H3/t10-/m1/s1. The molecule has 21 heavy (non-hydrogen) atoms. The first-order valence-electron chi connectivity index (χ1n) is 7.18. The van der Waals surface area contributed by atoms with Gasteiger partial charge in [0.2, 0.25) is 10.0 Å². The zero-order valence-corrected chi connectivity index (χ0v) is 13.2. The van der Waals surface area contributed by atoms with Gasteiger partial charge in [-0.3, -0.25) is 4.90 Å². The molecule has 7 nitrogen and oxygen atoms in total. The van der Waals surface area contributed by atoms with Crippen molar-refractivity contribution in [3.8, 4) is 0 Å². The van der Waals surface area contributed by atoms with E-state index < -0.39 is 10.0 Å². The second-order valence-corrected chi connectivity index (χ2v) is 7.73. The molecule has 0 N–H and O–H groups in total. The van der Waals surface area contributed by atoms with Crippen molar-refractivity contribution in [3.05, 3.63) is 17.0 Å². The van der Waals surface area contributed by atoms with E-state index in [0.717, 1.165) is 23.4 Å². The fraction of sp³-hybridized carbons (Fsp3) is 0.769. The van der Waals surface area contributed by atoms with Gasteiger partial charge in [-0.05, 0) is 6.92 Å². The lowest BCUT2D eigenvalue weighted by atomic mass is 10.1. The van der Waals surface area contributed by atoms with E-state index in [2.05, 4.69) is 10.1 Å². The molecule has 0 aliphatic carbocycles. The van der Waals surface area contributed by atoms with E-state index in [4.69, 9.17) is 9.26 Å². The summed E-state index contributed by atoms with van der Waals surface area (Å²) in [5.41, 5.74) is 1.99. The fourth-order valence-electron chi connectivity index (χ4n) is 3.07. The maximum atomic E-state index is 11.7. The normalized spacial score (nSPS) is 25.0. The molecule has 2 aliphatic rings. The van der Waals surface area contributed by atoms with Crippen LogP contribution in [-0.4, -0.2) is 61.3 Å². The fourth-order valence-corrected chi connectivity index (χ4v) is 4.20. The zero-order valence-electron chi connectivity index (χ0n) is 12.4. The second kappa shape index (κ2) is 5.68. The Morgan fingerprint density at radius 3 is 2.90 bits per heavy atom. The summed E-state index contributed by atoms with van der Waals surface area (Å²) in [5, 5.41) is 4.16. The quantitative estimate of drug-likeness (QED) is 0.794. The number of aromatic nitrogens is 1. The van der Waals surface area contributed by atoms with Crippen molar-refractivity contribution in [3.63, 3.8) is 0 Å². The van der Waals surface area contributed by atoms with E-state index >= 15 is 0 Å². The number of nitrogens with zero attached hydrogens (tertiary/aromatic N) is 3. The van der Waals surface area contributed by atoms with Crippen molar-refractivity contribution in [1.29, 1.82) is 0 Å². The smallest absolute Gasteiger partial charge is 0.211 e. The average molecular weight is 315 g/mol. The Morgan fingerprint density at radius 2 is 2.19 bits per heavy atom. The van der Waals surface area contributed by atoms with Gasteiger partial charge in [-0.15, -0.1) is 0 Å². The molecule has 3 rings (SSSR count). The number of piperazine rings is 1. The monoisotopic (exact) mass is 315 g/mol. The summed E-state index contributed by atoms with van der Waals surface area (Å²) in [6.45, 7) is 5.81. The number of hydrogen-bond acceptors (Lipinski definition) is 6. The highest BCUT2D eigenvalue weighted by atomic mass is 32.2. The van der Waals surface area contributed by atoms with Gasteiger partial charge in [0.05, 0.1) is 19.5 Å². The topological polar surface area (TPSA) is 75.9 Å². The van der Waals surface area contributed by atoms with Gasteiger partial charge in [-0.1, -0.05) is 5.16 Å². The van der Waals surface area contributed by atoms with Crippen LogP contribution in [0.2, 0.25) is 0 Å². The van der Waals surface area contributed by atoms with Gasteiger partial charge in [0.25, 0.3) is 0 Å². The molecule has 1 saturated heterocycles. The van der Waals surface area contributed by atoms with Crippen LogP contribution >= 0.6 is 0 Å². The first kappa shape index (κ1) is 15.0.